The Bertz CT molecular complexity index is 1330. The van der Waals surface area contributed by atoms with Crippen molar-refractivity contribution in [1.29, 1.82) is 0 Å². The van der Waals surface area contributed by atoms with E-state index in [1.54, 1.807) is 16.4 Å². The molecule has 0 amide bonds. The predicted molar refractivity (Wildman–Crippen MR) is 125 cm³/mol. The van der Waals surface area contributed by atoms with E-state index in [0.717, 1.165) is 36.5 Å². The van der Waals surface area contributed by atoms with Crippen molar-refractivity contribution >= 4 is 26.6 Å². The molecule has 3 aromatic rings. The molecule has 1 aliphatic heterocycles. The SMILES string of the molecule is C#Cc1ccc(-c2nnc(N[C@@H]3CCCN(S(=O)(=O)C4CC4)C3)c3ccccc23)c(O)c1. The summed E-state index contributed by atoms with van der Waals surface area (Å²) in [6.07, 6.45) is 8.63. The molecule has 5 rings (SSSR count). The molecule has 2 N–H and O–H groups in total. The van der Waals surface area contributed by atoms with E-state index in [4.69, 9.17) is 6.42 Å². The summed E-state index contributed by atoms with van der Waals surface area (Å²) in [6, 6.07) is 12.7. The zero-order valence-electron chi connectivity index (χ0n) is 17.5. The Labute approximate surface area is 187 Å². The van der Waals surface area contributed by atoms with Crippen molar-refractivity contribution in [3.05, 3.63) is 48.0 Å². The number of phenols is 1. The Kier molecular flexibility index (Phi) is 5.24. The Morgan fingerprint density at radius 2 is 1.88 bits per heavy atom. The standard InChI is InChI=1S/C24H24N4O3S/c1-2-16-9-12-21(22(29)14-16)23-19-7-3-4-8-20(19)24(27-26-23)25-17-6-5-13-28(15-17)32(30,31)18-10-11-18/h1,3-4,7-9,12,14,17-18,29H,5-6,10-11,13,15H2,(H,25,27)/t17-/m1/s1. The lowest BCUT2D eigenvalue weighted by Crippen LogP contribution is -2.46. The fraction of sp³-hybridized carbons (Fsp3) is 0.333. The van der Waals surface area contributed by atoms with Crippen molar-refractivity contribution in [3.63, 3.8) is 0 Å². The average molecular weight is 449 g/mol. The van der Waals surface area contributed by atoms with Crippen molar-refractivity contribution in [3.8, 4) is 29.4 Å². The van der Waals surface area contributed by atoms with Crippen LogP contribution in [0.5, 0.6) is 5.75 Å². The van der Waals surface area contributed by atoms with Crippen LogP contribution in [0, 0.1) is 12.3 Å². The molecule has 1 aromatic heterocycles. The lowest BCUT2D eigenvalue weighted by molar-refractivity contribution is 0.326. The molecule has 1 saturated carbocycles. The summed E-state index contributed by atoms with van der Waals surface area (Å²) in [5, 5.41) is 24.2. The topological polar surface area (TPSA) is 95.4 Å². The van der Waals surface area contributed by atoms with Gasteiger partial charge in [0.25, 0.3) is 0 Å². The van der Waals surface area contributed by atoms with E-state index in [9.17, 15) is 13.5 Å². The summed E-state index contributed by atoms with van der Waals surface area (Å²) >= 11 is 0. The first-order valence-corrected chi connectivity index (χ1v) is 12.3. The number of aromatic nitrogens is 2. The van der Waals surface area contributed by atoms with Gasteiger partial charge in [0.15, 0.2) is 5.82 Å². The van der Waals surface area contributed by atoms with Crippen LogP contribution in [-0.4, -0.2) is 52.4 Å². The highest BCUT2D eigenvalue weighted by Crippen LogP contribution is 2.36. The van der Waals surface area contributed by atoms with Crippen LogP contribution in [0.4, 0.5) is 5.82 Å². The number of benzene rings is 2. The molecular weight excluding hydrogens is 424 g/mol. The van der Waals surface area contributed by atoms with Gasteiger partial charge < -0.3 is 10.4 Å². The molecule has 0 bridgehead atoms. The third-order valence-electron chi connectivity index (χ3n) is 6.14. The molecule has 164 valence electrons. The molecule has 2 heterocycles. The van der Waals surface area contributed by atoms with Gasteiger partial charge in [-0.1, -0.05) is 30.2 Å². The second-order valence-electron chi connectivity index (χ2n) is 8.40. The smallest absolute Gasteiger partial charge is 0.217 e. The second-order valence-corrected chi connectivity index (χ2v) is 10.6. The van der Waals surface area contributed by atoms with Crippen LogP contribution in [-0.2, 0) is 10.0 Å². The maximum absolute atomic E-state index is 12.7. The number of nitrogens with zero attached hydrogens (tertiary/aromatic N) is 3. The van der Waals surface area contributed by atoms with Gasteiger partial charge in [0, 0.05) is 41.0 Å². The molecule has 0 radical (unpaired) electrons. The van der Waals surface area contributed by atoms with Crippen molar-refractivity contribution in [1.82, 2.24) is 14.5 Å². The van der Waals surface area contributed by atoms with Gasteiger partial charge in [0.05, 0.1) is 5.25 Å². The van der Waals surface area contributed by atoms with E-state index in [0.29, 0.717) is 35.7 Å². The average Bonchev–Trinajstić information content (AvgIpc) is 3.66. The summed E-state index contributed by atoms with van der Waals surface area (Å²) in [7, 11) is -3.19. The summed E-state index contributed by atoms with van der Waals surface area (Å²) in [4.78, 5) is 0. The molecule has 2 aliphatic rings. The summed E-state index contributed by atoms with van der Waals surface area (Å²) in [5.41, 5.74) is 1.71. The lowest BCUT2D eigenvalue weighted by atomic mass is 10.0. The first kappa shape index (κ1) is 20.7. The minimum absolute atomic E-state index is 0.0378. The van der Waals surface area contributed by atoms with Gasteiger partial charge in [-0.05, 0) is 43.9 Å². The van der Waals surface area contributed by atoms with E-state index in [-0.39, 0.29) is 17.0 Å². The summed E-state index contributed by atoms with van der Waals surface area (Å²) in [5.74, 6) is 3.17. The van der Waals surface area contributed by atoms with E-state index >= 15 is 0 Å². The number of sulfonamides is 1. The molecular formula is C24H24N4O3S. The van der Waals surface area contributed by atoms with Gasteiger partial charge in [0.1, 0.15) is 11.4 Å². The van der Waals surface area contributed by atoms with Crippen molar-refractivity contribution in [2.24, 2.45) is 0 Å². The first-order chi connectivity index (χ1) is 15.5. The number of phenolic OH excluding ortho intramolecular Hbond substituents is 1. The fourth-order valence-corrected chi connectivity index (χ4v) is 6.22. The zero-order chi connectivity index (χ0) is 22.3. The van der Waals surface area contributed by atoms with Gasteiger partial charge in [-0.2, -0.15) is 4.31 Å². The number of terminal acetylenes is 1. The van der Waals surface area contributed by atoms with Crippen LogP contribution >= 0.6 is 0 Å². The van der Waals surface area contributed by atoms with Gasteiger partial charge >= 0.3 is 0 Å². The van der Waals surface area contributed by atoms with Crippen molar-refractivity contribution in [2.75, 3.05) is 18.4 Å². The molecule has 2 aromatic carbocycles. The highest BCUT2D eigenvalue weighted by Gasteiger charge is 2.41. The van der Waals surface area contributed by atoms with Crippen LogP contribution < -0.4 is 5.32 Å². The van der Waals surface area contributed by atoms with Crippen LogP contribution in [0.15, 0.2) is 42.5 Å². The Balaban J connectivity index is 1.46. The summed E-state index contributed by atoms with van der Waals surface area (Å²) < 4.78 is 27.0. The van der Waals surface area contributed by atoms with Gasteiger partial charge in [-0.25, -0.2) is 8.42 Å². The Hall–Kier alpha value is -3.15. The Morgan fingerprint density at radius 3 is 2.59 bits per heavy atom. The molecule has 0 unspecified atom stereocenters. The number of anilines is 1. The van der Waals surface area contributed by atoms with Crippen molar-refractivity contribution in [2.45, 2.75) is 37.0 Å². The minimum Gasteiger partial charge on any atom is -0.507 e. The number of nitrogens with one attached hydrogen (secondary N) is 1. The minimum atomic E-state index is -3.19. The number of piperidine rings is 1. The van der Waals surface area contributed by atoms with E-state index < -0.39 is 10.0 Å². The fourth-order valence-electron chi connectivity index (χ4n) is 4.29. The molecule has 32 heavy (non-hydrogen) atoms. The maximum atomic E-state index is 12.7. The number of hydrogen-bond donors (Lipinski definition) is 2. The largest absolute Gasteiger partial charge is 0.507 e. The first-order valence-electron chi connectivity index (χ1n) is 10.8. The molecule has 1 aliphatic carbocycles. The molecule has 8 heteroatoms. The summed E-state index contributed by atoms with van der Waals surface area (Å²) in [6.45, 7) is 1.01. The van der Waals surface area contributed by atoms with Crippen molar-refractivity contribution < 1.29 is 13.5 Å². The highest BCUT2D eigenvalue weighted by atomic mass is 32.2. The third-order valence-corrected chi connectivity index (χ3v) is 8.50. The van der Waals surface area contributed by atoms with Gasteiger partial charge in [0.2, 0.25) is 10.0 Å². The number of aromatic hydroxyl groups is 1. The monoisotopic (exact) mass is 448 g/mol. The molecule has 2 fully saturated rings. The number of rotatable bonds is 5. The molecule has 1 atom stereocenters. The highest BCUT2D eigenvalue weighted by molar-refractivity contribution is 7.90. The van der Waals surface area contributed by atoms with Crippen LogP contribution in [0.2, 0.25) is 0 Å². The van der Waals surface area contributed by atoms with E-state index in [2.05, 4.69) is 21.4 Å². The van der Waals surface area contributed by atoms with Crippen LogP contribution in [0.25, 0.3) is 22.0 Å². The predicted octanol–water partition coefficient (Wildman–Crippen LogP) is 3.35. The van der Waals surface area contributed by atoms with Gasteiger partial charge in [-0.3, -0.25) is 0 Å². The molecule has 1 saturated heterocycles. The normalized spacial score (nSPS) is 19.5. The van der Waals surface area contributed by atoms with Crippen LogP contribution in [0.1, 0.15) is 31.2 Å². The molecule has 7 nitrogen and oxygen atoms in total. The lowest BCUT2D eigenvalue weighted by Gasteiger charge is -2.32. The quantitative estimate of drug-likeness (QED) is 0.581. The van der Waals surface area contributed by atoms with Crippen LogP contribution in [0.3, 0.4) is 0 Å². The molecule has 0 spiro atoms. The van der Waals surface area contributed by atoms with Gasteiger partial charge in [-0.15, -0.1) is 16.6 Å². The third kappa shape index (κ3) is 3.78. The second kappa shape index (κ2) is 8.08. The Morgan fingerprint density at radius 1 is 1.09 bits per heavy atom. The number of hydrogen-bond acceptors (Lipinski definition) is 6. The number of fused-ring (bicyclic) bond motifs is 1. The zero-order valence-corrected chi connectivity index (χ0v) is 18.3. The maximum Gasteiger partial charge on any atom is 0.217 e. The van der Waals surface area contributed by atoms with E-state index in [1.165, 1.54) is 6.07 Å². The van der Waals surface area contributed by atoms with E-state index in [1.807, 2.05) is 24.3 Å².